The van der Waals surface area contributed by atoms with Crippen LogP contribution in [0.25, 0.3) is 0 Å². The highest BCUT2D eigenvalue weighted by molar-refractivity contribution is 7.99. The quantitative estimate of drug-likeness (QED) is 0.503. The first-order valence-electron chi connectivity index (χ1n) is 5.46. The van der Waals surface area contributed by atoms with E-state index < -0.39 is 12.0 Å². The van der Waals surface area contributed by atoms with Crippen molar-refractivity contribution >= 4 is 23.6 Å². The molecule has 0 radical (unpaired) electrons. The predicted octanol–water partition coefficient (Wildman–Crippen LogP) is 0.780. The molecule has 1 atom stereocenters. The predicted molar refractivity (Wildman–Crippen MR) is 71.7 cm³/mol. The van der Waals surface area contributed by atoms with Gasteiger partial charge in [0.05, 0.1) is 5.88 Å². The highest BCUT2D eigenvalue weighted by atomic mass is 32.2. The van der Waals surface area contributed by atoms with Gasteiger partial charge < -0.3 is 15.7 Å². The molecule has 0 aliphatic carbocycles. The second-order valence-electron chi connectivity index (χ2n) is 3.57. The van der Waals surface area contributed by atoms with Gasteiger partial charge in [0, 0.05) is 11.3 Å². The minimum absolute atomic E-state index is 0.153. The molecular formula is C12H16N2O3S. The number of hydrogen-bond acceptors (Lipinski definition) is 4. The molecule has 0 aliphatic rings. The van der Waals surface area contributed by atoms with Gasteiger partial charge in [0.15, 0.2) is 0 Å². The number of carbonyl (C=O) groups excluding carboxylic acids is 1. The number of benzene rings is 1. The van der Waals surface area contributed by atoms with Crippen molar-refractivity contribution in [3.63, 3.8) is 0 Å². The van der Waals surface area contributed by atoms with Crippen molar-refractivity contribution in [2.24, 2.45) is 0 Å². The first-order valence-corrected chi connectivity index (χ1v) is 6.61. The summed E-state index contributed by atoms with van der Waals surface area (Å²) in [6.45, 7) is 0. The van der Waals surface area contributed by atoms with E-state index in [-0.39, 0.29) is 5.91 Å². The fourth-order valence-corrected chi connectivity index (χ4v) is 2.16. The van der Waals surface area contributed by atoms with E-state index in [0.717, 1.165) is 0 Å². The molecule has 0 heterocycles. The molecule has 1 rings (SSSR count). The number of thioether (sulfide) groups is 1. The molecule has 18 heavy (non-hydrogen) atoms. The van der Waals surface area contributed by atoms with E-state index in [2.05, 4.69) is 10.6 Å². The van der Waals surface area contributed by atoms with Gasteiger partial charge in [-0.3, -0.25) is 9.59 Å². The fourth-order valence-electron chi connectivity index (χ4n) is 1.26. The monoisotopic (exact) mass is 268 g/mol. The van der Waals surface area contributed by atoms with Gasteiger partial charge in [-0.2, -0.15) is 0 Å². The number of carboxylic acid groups (broad SMARTS) is 1. The Morgan fingerprint density at radius 2 is 2.00 bits per heavy atom. The number of carboxylic acids is 1. The summed E-state index contributed by atoms with van der Waals surface area (Å²) in [4.78, 5) is 22.4. The first-order chi connectivity index (χ1) is 8.65. The van der Waals surface area contributed by atoms with Crippen LogP contribution in [0.3, 0.4) is 0 Å². The van der Waals surface area contributed by atoms with Crippen molar-refractivity contribution in [2.75, 3.05) is 18.7 Å². The van der Waals surface area contributed by atoms with Crippen molar-refractivity contribution in [1.29, 1.82) is 0 Å². The van der Waals surface area contributed by atoms with Crippen LogP contribution in [0.15, 0.2) is 30.3 Å². The summed E-state index contributed by atoms with van der Waals surface area (Å²) < 4.78 is 0. The van der Waals surface area contributed by atoms with E-state index in [1.165, 1.54) is 11.8 Å². The first kappa shape index (κ1) is 14.5. The molecular weight excluding hydrogens is 252 g/mol. The van der Waals surface area contributed by atoms with Crippen LogP contribution < -0.4 is 10.6 Å². The van der Waals surface area contributed by atoms with Crippen LogP contribution in [-0.4, -0.2) is 41.7 Å². The van der Waals surface area contributed by atoms with Gasteiger partial charge >= 0.3 is 5.97 Å². The molecule has 98 valence electrons. The number of likely N-dealkylation sites (N-methyl/N-ethyl adjacent to an activating group) is 1. The third-order valence-electron chi connectivity index (χ3n) is 2.30. The third kappa shape index (κ3) is 4.77. The Balaban J connectivity index is 2.26. The number of hydrogen-bond donors (Lipinski definition) is 3. The minimum Gasteiger partial charge on any atom is -0.480 e. The zero-order valence-electron chi connectivity index (χ0n) is 10.1. The topological polar surface area (TPSA) is 78.4 Å². The van der Waals surface area contributed by atoms with E-state index in [4.69, 9.17) is 5.11 Å². The maximum absolute atomic E-state index is 11.6. The van der Waals surface area contributed by atoms with Gasteiger partial charge in [0.1, 0.15) is 6.04 Å². The van der Waals surface area contributed by atoms with Crippen LogP contribution in [0, 0.1) is 0 Å². The van der Waals surface area contributed by atoms with Crippen molar-refractivity contribution in [3.05, 3.63) is 35.9 Å². The Morgan fingerprint density at radius 1 is 1.33 bits per heavy atom. The summed E-state index contributed by atoms with van der Waals surface area (Å²) in [5, 5.41) is 14.2. The highest BCUT2D eigenvalue weighted by Crippen LogP contribution is 2.03. The molecule has 0 aliphatic heterocycles. The normalized spacial score (nSPS) is 11.8. The Morgan fingerprint density at radius 3 is 2.56 bits per heavy atom. The number of aliphatic carboxylic acids is 1. The molecule has 6 heteroatoms. The molecule has 0 saturated heterocycles. The summed E-state index contributed by atoms with van der Waals surface area (Å²) in [5.41, 5.74) is 0.599. The summed E-state index contributed by atoms with van der Waals surface area (Å²) in [7, 11) is 1.60. The Labute approximate surface area is 110 Å². The molecule has 1 amide bonds. The summed E-state index contributed by atoms with van der Waals surface area (Å²) in [5.74, 6) is -0.251. The van der Waals surface area contributed by atoms with E-state index >= 15 is 0 Å². The zero-order chi connectivity index (χ0) is 13.4. The lowest BCUT2D eigenvalue weighted by Gasteiger charge is -2.10. The summed E-state index contributed by atoms with van der Waals surface area (Å²) in [6, 6.07) is 8.30. The number of nitrogens with one attached hydrogen (secondary N) is 2. The molecule has 5 nitrogen and oxygen atoms in total. The van der Waals surface area contributed by atoms with Gasteiger partial charge in [0.2, 0.25) is 0 Å². The molecule has 0 bridgehead atoms. The van der Waals surface area contributed by atoms with Crippen LogP contribution in [0.1, 0.15) is 10.4 Å². The van der Waals surface area contributed by atoms with Crippen molar-refractivity contribution in [3.8, 4) is 0 Å². The molecule has 3 N–H and O–H groups in total. The maximum Gasteiger partial charge on any atom is 0.321 e. The average Bonchev–Trinajstić information content (AvgIpc) is 2.39. The second kappa shape index (κ2) is 7.73. The average molecular weight is 268 g/mol. The molecule has 0 aromatic heterocycles. The SMILES string of the molecule is CN[C@@H](CSCNC(=O)c1ccccc1)C(=O)O. The van der Waals surface area contributed by atoms with Gasteiger partial charge in [-0.15, -0.1) is 11.8 Å². The summed E-state index contributed by atoms with van der Waals surface area (Å²) in [6.07, 6.45) is 0. The Kier molecular flexibility index (Phi) is 6.24. The molecule has 0 saturated carbocycles. The lowest BCUT2D eigenvalue weighted by molar-refractivity contribution is -0.138. The number of carbonyl (C=O) groups is 2. The lowest BCUT2D eigenvalue weighted by Crippen LogP contribution is -2.36. The second-order valence-corrected chi connectivity index (χ2v) is 4.60. The van der Waals surface area contributed by atoms with Gasteiger partial charge in [-0.1, -0.05) is 18.2 Å². The van der Waals surface area contributed by atoms with Crippen molar-refractivity contribution in [1.82, 2.24) is 10.6 Å². The standard InChI is InChI=1S/C12H16N2O3S/c1-13-10(12(16)17)7-18-8-14-11(15)9-5-3-2-4-6-9/h2-6,10,13H,7-8H2,1H3,(H,14,15)(H,16,17)/t10-/m0/s1. The maximum atomic E-state index is 11.6. The minimum atomic E-state index is -0.889. The molecule has 0 spiro atoms. The highest BCUT2D eigenvalue weighted by Gasteiger charge is 2.14. The Bertz CT molecular complexity index is 398. The smallest absolute Gasteiger partial charge is 0.321 e. The van der Waals surface area contributed by atoms with Crippen molar-refractivity contribution < 1.29 is 14.7 Å². The van der Waals surface area contributed by atoms with E-state index in [0.29, 0.717) is 17.2 Å². The van der Waals surface area contributed by atoms with Crippen LogP contribution in [-0.2, 0) is 4.79 Å². The fraction of sp³-hybridized carbons (Fsp3) is 0.333. The third-order valence-corrected chi connectivity index (χ3v) is 3.22. The van der Waals surface area contributed by atoms with E-state index in [1.807, 2.05) is 6.07 Å². The molecule has 0 fully saturated rings. The van der Waals surface area contributed by atoms with Crippen LogP contribution >= 0.6 is 11.8 Å². The molecule has 0 unspecified atom stereocenters. The van der Waals surface area contributed by atoms with E-state index in [1.54, 1.807) is 31.3 Å². The molecule has 1 aromatic carbocycles. The van der Waals surface area contributed by atoms with Gasteiger partial charge in [-0.05, 0) is 19.2 Å². The summed E-state index contributed by atoms with van der Waals surface area (Å²) >= 11 is 1.36. The Hall–Kier alpha value is -1.53. The van der Waals surface area contributed by atoms with Crippen LogP contribution in [0.5, 0.6) is 0 Å². The number of amides is 1. The zero-order valence-corrected chi connectivity index (χ0v) is 10.9. The largest absolute Gasteiger partial charge is 0.480 e. The molecule has 1 aromatic rings. The van der Waals surface area contributed by atoms with Gasteiger partial charge in [-0.25, -0.2) is 0 Å². The van der Waals surface area contributed by atoms with E-state index in [9.17, 15) is 9.59 Å². The van der Waals surface area contributed by atoms with Crippen LogP contribution in [0.2, 0.25) is 0 Å². The van der Waals surface area contributed by atoms with Crippen molar-refractivity contribution in [2.45, 2.75) is 6.04 Å². The number of rotatable bonds is 7. The van der Waals surface area contributed by atoms with Gasteiger partial charge in [0.25, 0.3) is 5.91 Å². The van der Waals surface area contributed by atoms with Crippen LogP contribution in [0.4, 0.5) is 0 Å². The lowest BCUT2D eigenvalue weighted by atomic mass is 10.2.